The molecule has 1 radical (unpaired) electrons. The van der Waals surface area contributed by atoms with E-state index in [1.54, 1.807) is 0 Å². The van der Waals surface area contributed by atoms with E-state index < -0.39 is 15.9 Å². The van der Waals surface area contributed by atoms with Crippen molar-refractivity contribution in [2.45, 2.75) is 19.8 Å². The molecule has 0 saturated heterocycles. The summed E-state index contributed by atoms with van der Waals surface area (Å²) in [6.07, 6.45) is 1.53. The molecule has 0 bridgehead atoms. The van der Waals surface area contributed by atoms with Crippen LogP contribution in [0, 0.1) is 11.8 Å². The third kappa shape index (κ3) is 7.47. The smallest absolute Gasteiger partial charge is 0.196 e. The van der Waals surface area contributed by atoms with Gasteiger partial charge in [0.05, 0.1) is 0 Å². The van der Waals surface area contributed by atoms with Crippen LogP contribution in [-0.2, 0) is 14.7 Å². The summed E-state index contributed by atoms with van der Waals surface area (Å²) in [7, 11) is -4.13. The van der Waals surface area contributed by atoms with Gasteiger partial charge in [-0.2, -0.15) is 8.42 Å². The van der Waals surface area contributed by atoms with Crippen LogP contribution < -0.4 is 0 Å². The molecule has 0 unspecified atom stereocenters. The predicted molar refractivity (Wildman–Crippen MR) is 37.2 cm³/mol. The highest BCUT2D eigenvalue weighted by Gasteiger charge is 2.00. The van der Waals surface area contributed by atoms with Crippen molar-refractivity contribution >= 4 is 10.1 Å². The summed E-state index contributed by atoms with van der Waals surface area (Å²) >= 11 is 0. The van der Waals surface area contributed by atoms with Gasteiger partial charge >= 0.3 is 10.1 Å². The molecule has 0 N–H and O–H groups in total. The molecule has 0 aromatic carbocycles. The van der Waals surface area contributed by atoms with Crippen LogP contribution in [0.3, 0.4) is 0 Å². The second-order valence-electron chi connectivity index (χ2n) is 1.81. The maximum Gasteiger partial charge on any atom is 0.305 e. The molecular weight excluding hydrogens is 152 g/mol. The molecule has 0 spiro atoms. The maximum absolute atomic E-state index is 9.94. The Bertz CT molecular complexity index is 229. The van der Waals surface area contributed by atoms with Crippen molar-refractivity contribution in [2.24, 2.45) is 0 Å². The molecule has 3 nitrogen and oxygen atoms in total. The fourth-order valence-electron chi connectivity index (χ4n) is 0.353. The Morgan fingerprint density at radius 2 is 1.90 bits per heavy atom. The topological polar surface area (TPSA) is 54.0 Å². The van der Waals surface area contributed by atoms with Crippen molar-refractivity contribution in [3.8, 4) is 11.8 Å². The average Bonchev–Trinajstić information content (AvgIpc) is 1.78. The minimum Gasteiger partial charge on any atom is -0.196 e. The lowest BCUT2D eigenvalue weighted by Crippen LogP contribution is -1.98. The summed E-state index contributed by atoms with van der Waals surface area (Å²) in [5.41, 5.74) is 0. The van der Waals surface area contributed by atoms with Gasteiger partial charge < -0.3 is 0 Å². The average molecular weight is 161 g/mol. The molecular formula is C6H9O3S. The van der Waals surface area contributed by atoms with Crippen molar-refractivity contribution in [1.29, 1.82) is 0 Å². The van der Waals surface area contributed by atoms with E-state index in [1.807, 2.05) is 6.92 Å². The first kappa shape index (κ1) is 9.47. The van der Waals surface area contributed by atoms with Gasteiger partial charge in [0, 0.05) is 6.42 Å². The van der Waals surface area contributed by atoms with Crippen molar-refractivity contribution in [3.05, 3.63) is 0 Å². The first-order valence-electron chi connectivity index (χ1n) is 2.95. The Morgan fingerprint density at radius 3 is 2.30 bits per heavy atom. The second kappa shape index (κ2) is 4.31. The summed E-state index contributed by atoms with van der Waals surface area (Å²) in [6, 6.07) is 0. The quantitative estimate of drug-likeness (QED) is 0.555. The fourth-order valence-corrected chi connectivity index (χ4v) is 0.632. The molecule has 0 amide bonds. The van der Waals surface area contributed by atoms with Gasteiger partial charge in [0.25, 0.3) is 0 Å². The lowest BCUT2D eigenvalue weighted by atomic mass is 10.3. The normalized spacial score (nSPS) is 10.2. The molecule has 57 valence electrons. The number of hydrogen-bond acceptors (Lipinski definition) is 2. The summed E-state index contributed by atoms with van der Waals surface area (Å²) in [4.78, 5) is 0. The third-order valence-corrected chi connectivity index (χ3v) is 1.25. The highest BCUT2D eigenvalue weighted by atomic mass is 32.2. The first-order valence-corrected chi connectivity index (χ1v) is 4.53. The highest BCUT2D eigenvalue weighted by molar-refractivity contribution is 7.85. The van der Waals surface area contributed by atoms with Crippen LogP contribution >= 0.6 is 0 Å². The zero-order valence-corrected chi connectivity index (χ0v) is 6.57. The molecule has 0 aliphatic heterocycles. The first-order chi connectivity index (χ1) is 4.56. The predicted octanol–water partition coefficient (Wildman–Crippen LogP) is 0.550. The SMILES string of the molecule is CCCC#CCS([O])(=O)=O. The second-order valence-corrected chi connectivity index (χ2v) is 3.21. The summed E-state index contributed by atoms with van der Waals surface area (Å²) in [5, 5.41) is 0. The molecule has 0 aliphatic carbocycles. The lowest BCUT2D eigenvalue weighted by molar-refractivity contribution is 0.418. The van der Waals surface area contributed by atoms with E-state index in [0.717, 1.165) is 6.42 Å². The van der Waals surface area contributed by atoms with E-state index in [4.69, 9.17) is 0 Å². The minimum atomic E-state index is -4.13. The van der Waals surface area contributed by atoms with Crippen molar-refractivity contribution < 1.29 is 13.0 Å². The van der Waals surface area contributed by atoms with E-state index in [1.165, 1.54) is 0 Å². The van der Waals surface area contributed by atoms with Gasteiger partial charge in [0.2, 0.25) is 0 Å². The number of rotatable bonds is 2. The van der Waals surface area contributed by atoms with Gasteiger partial charge in [-0.15, -0.1) is 5.92 Å². The number of hydrogen-bond donors (Lipinski definition) is 0. The lowest BCUT2D eigenvalue weighted by Gasteiger charge is -1.80. The Morgan fingerprint density at radius 1 is 1.30 bits per heavy atom. The van der Waals surface area contributed by atoms with Gasteiger partial charge in [-0.3, -0.25) is 0 Å². The molecule has 0 atom stereocenters. The van der Waals surface area contributed by atoms with E-state index in [0.29, 0.717) is 6.42 Å². The Hall–Kier alpha value is -0.530. The fraction of sp³-hybridized carbons (Fsp3) is 0.667. The van der Waals surface area contributed by atoms with Crippen LogP contribution in [0.2, 0.25) is 0 Å². The van der Waals surface area contributed by atoms with Gasteiger partial charge in [-0.1, -0.05) is 17.4 Å². The zero-order chi connectivity index (χ0) is 8.04. The van der Waals surface area contributed by atoms with Crippen molar-refractivity contribution in [1.82, 2.24) is 0 Å². The Labute approximate surface area is 61.2 Å². The highest BCUT2D eigenvalue weighted by Crippen LogP contribution is 1.83. The van der Waals surface area contributed by atoms with Gasteiger partial charge in [-0.05, 0) is 6.42 Å². The van der Waals surface area contributed by atoms with E-state index >= 15 is 0 Å². The van der Waals surface area contributed by atoms with Crippen LogP contribution in [0.4, 0.5) is 0 Å². The molecule has 0 rings (SSSR count). The van der Waals surface area contributed by atoms with Crippen LogP contribution in [0.1, 0.15) is 19.8 Å². The molecule has 10 heavy (non-hydrogen) atoms. The molecule has 0 aromatic rings. The molecule has 0 heterocycles. The third-order valence-electron chi connectivity index (χ3n) is 0.749. The van der Waals surface area contributed by atoms with E-state index in [-0.39, 0.29) is 0 Å². The van der Waals surface area contributed by atoms with E-state index in [9.17, 15) is 13.0 Å². The monoisotopic (exact) mass is 161 g/mol. The molecule has 4 heteroatoms. The van der Waals surface area contributed by atoms with Gasteiger partial charge in [0.1, 0.15) is 5.75 Å². The molecule has 0 fully saturated rings. The van der Waals surface area contributed by atoms with Crippen LogP contribution in [0.25, 0.3) is 0 Å². The van der Waals surface area contributed by atoms with Crippen LogP contribution in [-0.4, -0.2) is 14.2 Å². The summed E-state index contributed by atoms with van der Waals surface area (Å²) < 4.78 is 29.8. The number of unbranched alkanes of at least 4 members (excludes halogenated alkanes) is 1. The summed E-state index contributed by atoms with van der Waals surface area (Å²) in [5.74, 6) is 4.28. The van der Waals surface area contributed by atoms with E-state index in [2.05, 4.69) is 11.8 Å². The van der Waals surface area contributed by atoms with Crippen molar-refractivity contribution in [3.63, 3.8) is 0 Å². The van der Waals surface area contributed by atoms with Crippen molar-refractivity contribution in [2.75, 3.05) is 5.75 Å². The zero-order valence-electron chi connectivity index (χ0n) is 5.75. The standard InChI is InChI=1S/C6H9O3S/c1-2-3-4-5-6-10(7,8)9/h2-3,6H2,1H3. The minimum absolute atomic E-state index is 0.562. The largest absolute Gasteiger partial charge is 0.305 e. The Kier molecular flexibility index (Phi) is 4.08. The molecule has 0 aliphatic rings. The van der Waals surface area contributed by atoms with Gasteiger partial charge in [-0.25, -0.2) is 0 Å². The Balaban J connectivity index is 3.68. The molecule has 0 saturated carbocycles. The summed E-state index contributed by atoms with van der Waals surface area (Å²) in [6.45, 7) is 1.93. The van der Waals surface area contributed by atoms with Crippen LogP contribution in [0.5, 0.6) is 0 Å². The van der Waals surface area contributed by atoms with Crippen LogP contribution in [0.15, 0.2) is 0 Å². The molecule has 0 aromatic heterocycles. The van der Waals surface area contributed by atoms with Gasteiger partial charge in [0.15, 0.2) is 0 Å². The maximum atomic E-state index is 9.94.